The van der Waals surface area contributed by atoms with E-state index in [1.54, 1.807) is 41.1 Å². The maximum Gasteiger partial charge on any atom is 0.255 e. The summed E-state index contributed by atoms with van der Waals surface area (Å²) in [4.78, 5) is 70.3. The van der Waals surface area contributed by atoms with E-state index in [4.69, 9.17) is 4.74 Å². The summed E-state index contributed by atoms with van der Waals surface area (Å²) < 4.78 is 5.89. The van der Waals surface area contributed by atoms with Crippen molar-refractivity contribution in [2.24, 2.45) is 0 Å². The number of amides is 5. The van der Waals surface area contributed by atoms with Gasteiger partial charge >= 0.3 is 0 Å². The van der Waals surface area contributed by atoms with Crippen LogP contribution in [0.15, 0.2) is 48.5 Å². The number of nitrogens with zero attached hydrogens (tertiary/aromatic N) is 3. The molecule has 2 atom stereocenters. The Morgan fingerprint density at radius 2 is 1.74 bits per heavy atom. The molecule has 228 valence electrons. The van der Waals surface area contributed by atoms with Gasteiger partial charge in [-0.2, -0.15) is 0 Å². The average molecular weight is 590 g/mol. The molecule has 11 nitrogen and oxygen atoms in total. The molecule has 5 rings (SSSR count). The number of likely N-dealkylation sites (N-methyl/N-ethyl adjacent to an activating group) is 1. The summed E-state index contributed by atoms with van der Waals surface area (Å²) in [6.07, 6.45) is 2.84. The number of carbonyl (C=O) groups is 5. The lowest BCUT2D eigenvalue weighted by atomic mass is 10.1. The van der Waals surface area contributed by atoms with Crippen molar-refractivity contribution < 1.29 is 28.7 Å². The highest BCUT2D eigenvalue weighted by molar-refractivity contribution is 6.00. The van der Waals surface area contributed by atoms with Crippen LogP contribution in [0.3, 0.4) is 0 Å². The zero-order valence-electron chi connectivity index (χ0n) is 24.5. The van der Waals surface area contributed by atoms with Gasteiger partial charge in [-0.15, -0.1) is 0 Å². The highest BCUT2D eigenvalue weighted by Crippen LogP contribution is 2.23. The number of carbonyl (C=O) groups excluding carboxylic acids is 5. The maximum atomic E-state index is 13.5. The Labute approximate surface area is 251 Å². The molecule has 2 N–H and O–H groups in total. The Bertz CT molecular complexity index is 1380. The topological polar surface area (TPSA) is 128 Å². The van der Waals surface area contributed by atoms with Gasteiger partial charge in [0.1, 0.15) is 24.4 Å². The molecular weight excluding hydrogens is 550 g/mol. The Kier molecular flexibility index (Phi) is 9.58. The molecule has 0 saturated carbocycles. The summed E-state index contributed by atoms with van der Waals surface area (Å²) in [5, 5.41) is 5.73. The summed E-state index contributed by atoms with van der Waals surface area (Å²) in [6, 6.07) is 12.9. The summed E-state index contributed by atoms with van der Waals surface area (Å²) in [7, 11) is 1.69. The zero-order chi connectivity index (χ0) is 30.3. The van der Waals surface area contributed by atoms with Gasteiger partial charge in [0.25, 0.3) is 5.91 Å². The largest absolute Gasteiger partial charge is 0.491 e. The highest BCUT2D eigenvalue weighted by Gasteiger charge is 2.36. The Hall–Kier alpha value is -4.41. The van der Waals surface area contributed by atoms with Crippen LogP contribution in [0.25, 0.3) is 0 Å². The highest BCUT2D eigenvalue weighted by atomic mass is 16.5. The number of para-hydroxylation sites is 1. The van der Waals surface area contributed by atoms with Crippen molar-refractivity contribution >= 4 is 29.5 Å². The number of ether oxygens (including phenoxy) is 1. The number of hydrogen-bond acceptors (Lipinski definition) is 6. The van der Waals surface area contributed by atoms with Crippen molar-refractivity contribution in [2.75, 3.05) is 33.3 Å². The first-order chi connectivity index (χ1) is 20.8. The van der Waals surface area contributed by atoms with Crippen LogP contribution in [0.1, 0.15) is 60.0 Å². The lowest BCUT2D eigenvalue weighted by Crippen LogP contribution is -2.49. The molecule has 0 aliphatic carbocycles. The number of likely N-dealkylation sites (tertiary alicyclic amines) is 1. The van der Waals surface area contributed by atoms with Gasteiger partial charge in [-0.1, -0.05) is 36.4 Å². The quantitative estimate of drug-likeness (QED) is 0.548. The first kappa shape index (κ1) is 30.1. The minimum atomic E-state index is -0.987. The van der Waals surface area contributed by atoms with Crippen molar-refractivity contribution in [3.63, 3.8) is 0 Å². The fraction of sp³-hybridized carbons (Fsp3) is 0.469. The van der Waals surface area contributed by atoms with E-state index in [1.807, 2.05) is 29.2 Å². The second-order valence-electron chi connectivity index (χ2n) is 11.4. The van der Waals surface area contributed by atoms with Gasteiger partial charge in [0.15, 0.2) is 0 Å². The van der Waals surface area contributed by atoms with Gasteiger partial charge in [-0.3, -0.25) is 24.0 Å². The first-order valence-corrected chi connectivity index (χ1v) is 15.0. The van der Waals surface area contributed by atoms with Crippen LogP contribution in [-0.4, -0.2) is 89.6 Å². The molecule has 0 unspecified atom stereocenters. The molecule has 3 aliphatic rings. The summed E-state index contributed by atoms with van der Waals surface area (Å²) in [6.45, 7) is 2.44. The lowest BCUT2D eigenvalue weighted by molar-refractivity contribution is -0.143. The third-order valence-electron chi connectivity index (χ3n) is 8.32. The molecule has 3 heterocycles. The first-order valence-electron chi connectivity index (χ1n) is 15.0. The second kappa shape index (κ2) is 13.7. The lowest BCUT2D eigenvalue weighted by Gasteiger charge is -2.28. The zero-order valence-corrected chi connectivity index (χ0v) is 24.5. The van der Waals surface area contributed by atoms with Crippen molar-refractivity contribution in [1.82, 2.24) is 25.3 Å². The number of fused-ring (bicyclic) bond motifs is 2. The minimum absolute atomic E-state index is 0.00333. The fourth-order valence-corrected chi connectivity index (χ4v) is 5.92. The molecule has 2 aromatic carbocycles. The molecule has 43 heavy (non-hydrogen) atoms. The summed E-state index contributed by atoms with van der Waals surface area (Å²) in [5.74, 6) is -0.764. The third kappa shape index (κ3) is 7.33. The fourth-order valence-electron chi connectivity index (χ4n) is 5.92. The van der Waals surface area contributed by atoms with Gasteiger partial charge in [-0.25, -0.2) is 0 Å². The molecule has 2 fully saturated rings. The van der Waals surface area contributed by atoms with E-state index >= 15 is 0 Å². The SMILES string of the molecule is CN1CCOc2ccccc2C(=O)N[C@H](C(=O)NCc2cccc(CN3CCCC3=O)c2)CCC(=O)N2CCC[C@H]2C1=O. The molecule has 2 saturated heterocycles. The molecule has 0 bridgehead atoms. The van der Waals surface area contributed by atoms with E-state index in [-0.39, 0.29) is 49.3 Å². The van der Waals surface area contributed by atoms with Gasteiger partial charge in [-0.05, 0) is 48.9 Å². The van der Waals surface area contributed by atoms with E-state index in [0.29, 0.717) is 38.2 Å². The van der Waals surface area contributed by atoms with Crippen LogP contribution < -0.4 is 15.4 Å². The van der Waals surface area contributed by atoms with E-state index in [0.717, 1.165) is 30.5 Å². The predicted octanol–water partition coefficient (Wildman–Crippen LogP) is 1.85. The number of hydrogen-bond donors (Lipinski definition) is 2. The minimum Gasteiger partial charge on any atom is -0.491 e. The number of rotatable bonds is 5. The number of nitrogens with one attached hydrogen (secondary N) is 2. The van der Waals surface area contributed by atoms with Gasteiger partial charge in [0, 0.05) is 46.1 Å². The molecule has 0 radical (unpaired) electrons. The Morgan fingerprint density at radius 3 is 2.56 bits per heavy atom. The molecule has 11 heteroatoms. The molecular formula is C32H39N5O6. The maximum absolute atomic E-state index is 13.5. The van der Waals surface area contributed by atoms with Crippen LogP contribution in [0.4, 0.5) is 0 Å². The van der Waals surface area contributed by atoms with Crippen molar-refractivity contribution in [3.8, 4) is 5.75 Å². The predicted molar refractivity (Wildman–Crippen MR) is 158 cm³/mol. The standard InChI is InChI=1S/C32H39N5O6/c1-35-17-18-43-27-11-3-2-9-24(27)30(40)34-25(13-14-29(39)37-16-5-10-26(37)32(35)42)31(41)33-20-22-7-4-8-23(19-22)21-36-15-6-12-28(36)38/h2-4,7-9,11,19,25-26H,5-6,10,12-18,20-21H2,1H3,(H,33,41)(H,34,40)/t25-,26-/m0/s1. The van der Waals surface area contributed by atoms with Crippen LogP contribution in [0.2, 0.25) is 0 Å². The summed E-state index contributed by atoms with van der Waals surface area (Å²) in [5.41, 5.74) is 2.10. The normalized spacial score (nSPS) is 21.8. The third-order valence-corrected chi connectivity index (χ3v) is 8.32. The van der Waals surface area contributed by atoms with E-state index in [9.17, 15) is 24.0 Å². The van der Waals surface area contributed by atoms with Gasteiger partial charge in [0.05, 0.1) is 12.1 Å². The second-order valence-corrected chi connectivity index (χ2v) is 11.4. The molecule has 0 aromatic heterocycles. The molecule has 2 aromatic rings. The van der Waals surface area contributed by atoms with Crippen LogP contribution in [0, 0.1) is 0 Å². The van der Waals surface area contributed by atoms with Gasteiger partial charge in [0.2, 0.25) is 23.6 Å². The smallest absolute Gasteiger partial charge is 0.255 e. The molecule has 0 spiro atoms. The van der Waals surface area contributed by atoms with Crippen molar-refractivity contribution in [2.45, 2.75) is 63.7 Å². The van der Waals surface area contributed by atoms with Crippen molar-refractivity contribution in [3.05, 3.63) is 65.2 Å². The Morgan fingerprint density at radius 1 is 0.930 bits per heavy atom. The number of benzene rings is 2. The molecule has 3 aliphatic heterocycles. The van der Waals surface area contributed by atoms with Crippen LogP contribution in [-0.2, 0) is 32.3 Å². The summed E-state index contributed by atoms with van der Waals surface area (Å²) >= 11 is 0. The molecule has 5 amide bonds. The monoisotopic (exact) mass is 589 g/mol. The van der Waals surface area contributed by atoms with E-state index in [2.05, 4.69) is 10.6 Å². The van der Waals surface area contributed by atoms with Crippen LogP contribution >= 0.6 is 0 Å². The van der Waals surface area contributed by atoms with Crippen LogP contribution in [0.5, 0.6) is 5.75 Å². The Balaban J connectivity index is 1.31. The average Bonchev–Trinajstić information content (AvgIpc) is 3.66. The van der Waals surface area contributed by atoms with E-state index < -0.39 is 23.9 Å². The van der Waals surface area contributed by atoms with E-state index in [1.165, 1.54) is 0 Å². The van der Waals surface area contributed by atoms with Crippen molar-refractivity contribution in [1.29, 1.82) is 0 Å². The van der Waals surface area contributed by atoms with Gasteiger partial charge < -0.3 is 30.1 Å².